The van der Waals surface area contributed by atoms with Gasteiger partial charge in [-0.2, -0.15) is 4.31 Å². The van der Waals surface area contributed by atoms with Crippen molar-refractivity contribution in [1.29, 1.82) is 0 Å². The zero-order valence-corrected chi connectivity index (χ0v) is 13.3. The summed E-state index contributed by atoms with van der Waals surface area (Å²) in [6.07, 6.45) is 3.50. The highest BCUT2D eigenvalue weighted by atomic mass is 32.2. The Morgan fingerprint density at radius 2 is 2.15 bits per heavy atom. The Hall–Kier alpha value is -0.850. The van der Waals surface area contributed by atoms with Crippen LogP contribution < -0.4 is 5.32 Å². The van der Waals surface area contributed by atoms with E-state index in [4.69, 9.17) is 4.42 Å². The highest BCUT2D eigenvalue weighted by Gasteiger charge is 2.31. The SMILES string of the molecule is CCN(CC1CCC1)S(=O)(=O)c1cc(CNC)oc1C. The fraction of sp³-hybridized carbons (Fsp3) is 0.714. The molecule has 1 saturated carbocycles. The van der Waals surface area contributed by atoms with Crippen LogP contribution in [0, 0.1) is 12.8 Å². The highest BCUT2D eigenvalue weighted by molar-refractivity contribution is 7.89. The monoisotopic (exact) mass is 300 g/mol. The molecule has 1 aromatic rings. The molecule has 5 nitrogen and oxygen atoms in total. The summed E-state index contributed by atoms with van der Waals surface area (Å²) in [4.78, 5) is 0.309. The molecule has 0 spiro atoms. The third-order valence-corrected chi connectivity index (χ3v) is 5.98. The molecule has 1 aliphatic rings. The highest BCUT2D eigenvalue weighted by Crippen LogP contribution is 2.30. The van der Waals surface area contributed by atoms with Crippen molar-refractivity contribution in [3.63, 3.8) is 0 Å². The predicted octanol–water partition coefficient (Wildman–Crippen LogP) is 2.12. The van der Waals surface area contributed by atoms with E-state index in [-0.39, 0.29) is 0 Å². The molecule has 114 valence electrons. The summed E-state index contributed by atoms with van der Waals surface area (Å²) in [6.45, 7) is 5.27. The first-order chi connectivity index (χ1) is 9.48. The van der Waals surface area contributed by atoms with Crippen LogP contribution in [0.15, 0.2) is 15.4 Å². The quantitative estimate of drug-likeness (QED) is 0.838. The molecule has 1 fully saturated rings. The molecular weight excluding hydrogens is 276 g/mol. The Kier molecular flexibility index (Phi) is 4.88. The minimum atomic E-state index is -3.44. The number of rotatable bonds is 7. The lowest BCUT2D eigenvalue weighted by Crippen LogP contribution is -2.37. The van der Waals surface area contributed by atoms with Gasteiger partial charge in [0.25, 0.3) is 0 Å². The van der Waals surface area contributed by atoms with Crippen LogP contribution in [0.1, 0.15) is 37.7 Å². The van der Waals surface area contributed by atoms with Gasteiger partial charge in [-0.15, -0.1) is 0 Å². The van der Waals surface area contributed by atoms with Gasteiger partial charge < -0.3 is 9.73 Å². The van der Waals surface area contributed by atoms with Crippen LogP contribution in [0.4, 0.5) is 0 Å². The van der Waals surface area contributed by atoms with Crippen molar-refractivity contribution >= 4 is 10.0 Å². The van der Waals surface area contributed by atoms with E-state index in [0.29, 0.717) is 42.0 Å². The van der Waals surface area contributed by atoms with Crippen molar-refractivity contribution < 1.29 is 12.8 Å². The molecule has 0 unspecified atom stereocenters. The maximum absolute atomic E-state index is 12.7. The van der Waals surface area contributed by atoms with Gasteiger partial charge in [0.05, 0.1) is 6.54 Å². The van der Waals surface area contributed by atoms with Gasteiger partial charge in [0, 0.05) is 19.2 Å². The number of furan rings is 1. The first-order valence-corrected chi connectivity index (χ1v) is 8.67. The Bertz CT molecular complexity index is 547. The summed E-state index contributed by atoms with van der Waals surface area (Å²) in [5, 5.41) is 2.97. The second-order valence-corrected chi connectivity index (χ2v) is 7.32. The summed E-state index contributed by atoms with van der Waals surface area (Å²) in [5.74, 6) is 1.65. The van der Waals surface area contributed by atoms with Crippen LogP contribution in [0.3, 0.4) is 0 Å². The van der Waals surface area contributed by atoms with E-state index in [9.17, 15) is 8.42 Å². The lowest BCUT2D eigenvalue weighted by atomic mass is 9.85. The molecule has 1 N–H and O–H groups in total. The predicted molar refractivity (Wildman–Crippen MR) is 78.0 cm³/mol. The molecule has 0 aliphatic heterocycles. The minimum Gasteiger partial charge on any atom is -0.464 e. The number of nitrogens with zero attached hydrogens (tertiary/aromatic N) is 1. The molecule has 20 heavy (non-hydrogen) atoms. The molecule has 6 heteroatoms. The van der Waals surface area contributed by atoms with Gasteiger partial charge in [-0.05, 0) is 32.7 Å². The fourth-order valence-electron chi connectivity index (χ4n) is 2.54. The summed E-state index contributed by atoms with van der Waals surface area (Å²) >= 11 is 0. The van der Waals surface area contributed by atoms with Crippen molar-refractivity contribution in [2.24, 2.45) is 5.92 Å². The molecule has 1 aliphatic carbocycles. The average molecular weight is 300 g/mol. The van der Waals surface area contributed by atoms with E-state index in [2.05, 4.69) is 5.32 Å². The van der Waals surface area contributed by atoms with E-state index in [1.165, 1.54) is 6.42 Å². The lowest BCUT2D eigenvalue weighted by molar-refractivity contribution is 0.249. The zero-order valence-electron chi connectivity index (χ0n) is 12.5. The number of sulfonamides is 1. The summed E-state index contributed by atoms with van der Waals surface area (Å²) < 4.78 is 32.5. The van der Waals surface area contributed by atoms with Crippen LogP contribution in [-0.2, 0) is 16.6 Å². The van der Waals surface area contributed by atoms with Crippen molar-refractivity contribution in [2.45, 2.75) is 44.6 Å². The Labute approximate surface area is 121 Å². The van der Waals surface area contributed by atoms with E-state index >= 15 is 0 Å². The molecule has 0 bridgehead atoms. The number of hydrogen-bond acceptors (Lipinski definition) is 4. The molecule has 1 heterocycles. The van der Waals surface area contributed by atoms with Crippen LogP contribution in [0.25, 0.3) is 0 Å². The molecule has 0 atom stereocenters. The molecule has 0 amide bonds. The van der Waals surface area contributed by atoms with E-state index in [0.717, 1.165) is 12.8 Å². The summed E-state index contributed by atoms with van der Waals surface area (Å²) in [7, 11) is -1.63. The van der Waals surface area contributed by atoms with Crippen LogP contribution in [-0.4, -0.2) is 32.9 Å². The standard InChI is InChI=1S/C14H24N2O3S/c1-4-16(10-12-6-5-7-12)20(17,18)14-8-13(9-15-3)19-11(14)2/h8,12,15H,4-7,9-10H2,1-3H3. The second-order valence-electron chi connectivity index (χ2n) is 5.42. The first-order valence-electron chi connectivity index (χ1n) is 7.23. The van der Waals surface area contributed by atoms with E-state index in [1.54, 1.807) is 24.3 Å². The molecule has 0 aromatic carbocycles. The zero-order chi connectivity index (χ0) is 14.8. The molecule has 0 saturated heterocycles. The second kappa shape index (κ2) is 6.28. The minimum absolute atomic E-state index is 0.309. The Morgan fingerprint density at radius 3 is 2.65 bits per heavy atom. The summed E-state index contributed by atoms with van der Waals surface area (Å²) in [6, 6.07) is 1.64. The first kappa shape index (κ1) is 15.5. The van der Waals surface area contributed by atoms with Gasteiger partial charge in [-0.3, -0.25) is 0 Å². The third kappa shape index (κ3) is 3.07. The average Bonchev–Trinajstić information content (AvgIpc) is 2.70. The molecule has 1 aromatic heterocycles. The van der Waals surface area contributed by atoms with Crippen molar-refractivity contribution in [3.8, 4) is 0 Å². The third-order valence-electron chi connectivity index (χ3n) is 3.93. The maximum Gasteiger partial charge on any atom is 0.246 e. The van der Waals surface area contributed by atoms with Gasteiger partial charge in [0.15, 0.2) is 0 Å². The number of nitrogens with one attached hydrogen (secondary N) is 1. The van der Waals surface area contributed by atoms with Crippen LogP contribution >= 0.6 is 0 Å². The van der Waals surface area contributed by atoms with E-state index in [1.807, 2.05) is 6.92 Å². The molecular formula is C14H24N2O3S. The smallest absolute Gasteiger partial charge is 0.246 e. The van der Waals surface area contributed by atoms with Gasteiger partial charge in [0.2, 0.25) is 10.0 Å². The van der Waals surface area contributed by atoms with Gasteiger partial charge in [0.1, 0.15) is 16.4 Å². The van der Waals surface area contributed by atoms with Crippen LogP contribution in [0.5, 0.6) is 0 Å². The van der Waals surface area contributed by atoms with Gasteiger partial charge in [-0.25, -0.2) is 8.42 Å². The largest absolute Gasteiger partial charge is 0.464 e. The number of hydrogen-bond donors (Lipinski definition) is 1. The van der Waals surface area contributed by atoms with Crippen molar-refractivity contribution in [2.75, 3.05) is 20.1 Å². The Balaban J connectivity index is 2.22. The fourth-order valence-corrected chi connectivity index (χ4v) is 4.25. The van der Waals surface area contributed by atoms with Gasteiger partial charge >= 0.3 is 0 Å². The summed E-state index contributed by atoms with van der Waals surface area (Å²) in [5.41, 5.74) is 0. The molecule has 2 rings (SSSR count). The normalized spacial score (nSPS) is 16.6. The lowest BCUT2D eigenvalue weighted by Gasteiger charge is -2.31. The van der Waals surface area contributed by atoms with Crippen molar-refractivity contribution in [1.82, 2.24) is 9.62 Å². The van der Waals surface area contributed by atoms with Crippen LogP contribution in [0.2, 0.25) is 0 Å². The number of aryl methyl sites for hydroxylation is 1. The topological polar surface area (TPSA) is 62.6 Å². The van der Waals surface area contributed by atoms with Crippen molar-refractivity contribution in [3.05, 3.63) is 17.6 Å². The van der Waals surface area contributed by atoms with Gasteiger partial charge in [-0.1, -0.05) is 13.3 Å². The Morgan fingerprint density at radius 1 is 1.45 bits per heavy atom. The van der Waals surface area contributed by atoms with E-state index < -0.39 is 10.0 Å². The maximum atomic E-state index is 12.7. The molecule has 0 radical (unpaired) electrons.